The third kappa shape index (κ3) is 3.42. The monoisotopic (exact) mass is 392 g/mol. The Balaban J connectivity index is 1.66. The molecule has 0 amide bonds. The van der Waals surface area contributed by atoms with E-state index in [1.165, 1.54) is 22.7 Å². The van der Waals surface area contributed by atoms with Crippen LogP contribution in [0.25, 0.3) is 11.2 Å². The molecule has 0 aliphatic carbocycles. The van der Waals surface area contributed by atoms with Crippen LogP contribution in [0.5, 0.6) is 0 Å². The van der Waals surface area contributed by atoms with E-state index in [1.54, 1.807) is 0 Å². The SMILES string of the molecule is OC[C@H]1O[C@@H](n2cnc3c(SCc4ccccc4)nc(F)nc32)[C@H](O)[C@@H]1O. The molecular weight excluding hydrogens is 375 g/mol. The van der Waals surface area contributed by atoms with Crippen molar-refractivity contribution in [3.63, 3.8) is 0 Å². The van der Waals surface area contributed by atoms with Crippen molar-refractivity contribution in [2.45, 2.75) is 35.3 Å². The van der Waals surface area contributed by atoms with Gasteiger partial charge in [-0.1, -0.05) is 42.1 Å². The summed E-state index contributed by atoms with van der Waals surface area (Å²) in [6, 6.07) is 9.67. The molecule has 1 fully saturated rings. The number of hydrogen-bond acceptors (Lipinski definition) is 8. The molecule has 2 aromatic heterocycles. The molecule has 3 aromatic rings. The first-order chi connectivity index (χ1) is 13.1. The van der Waals surface area contributed by atoms with Crippen LogP contribution in [0, 0.1) is 6.08 Å². The highest BCUT2D eigenvalue weighted by atomic mass is 32.2. The number of ether oxygens (including phenoxy) is 1. The molecule has 1 aliphatic rings. The minimum atomic E-state index is -1.31. The van der Waals surface area contributed by atoms with Crippen molar-refractivity contribution in [3.05, 3.63) is 48.3 Å². The van der Waals surface area contributed by atoms with Crippen molar-refractivity contribution in [3.8, 4) is 0 Å². The average Bonchev–Trinajstić information content (AvgIpc) is 3.22. The van der Waals surface area contributed by atoms with Crippen LogP contribution in [-0.2, 0) is 10.5 Å². The number of aromatic nitrogens is 4. The Morgan fingerprint density at radius 1 is 1.15 bits per heavy atom. The molecule has 10 heteroatoms. The van der Waals surface area contributed by atoms with Crippen molar-refractivity contribution >= 4 is 22.9 Å². The number of aliphatic hydroxyl groups is 3. The number of benzene rings is 1. The highest BCUT2D eigenvalue weighted by Gasteiger charge is 2.44. The maximum atomic E-state index is 14.0. The fraction of sp³-hybridized carbons (Fsp3) is 0.353. The van der Waals surface area contributed by atoms with Crippen LogP contribution in [0.2, 0.25) is 0 Å². The lowest BCUT2D eigenvalue weighted by molar-refractivity contribution is -0.0511. The summed E-state index contributed by atoms with van der Waals surface area (Å²) in [5.41, 5.74) is 1.57. The van der Waals surface area contributed by atoms with E-state index in [0.29, 0.717) is 16.3 Å². The third-order valence-electron chi connectivity index (χ3n) is 4.37. The summed E-state index contributed by atoms with van der Waals surface area (Å²) in [6.07, 6.45) is -4.13. The summed E-state index contributed by atoms with van der Waals surface area (Å²) in [6.45, 7) is -0.455. The molecular formula is C17H17FN4O4S. The average molecular weight is 392 g/mol. The molecule has 1 aliphatic heterocycles. The van der Waals surface area contributed by atoms with Crippen molar-refractivity contribution in [1.29, 1.82) is 0 Å². The first-order valence-electron chi connectivity index (χ1n) is 8.27. The van der Waals surface area contributed by atoms with Gasteiger partial charge in [-0.25, -0.2) is 4.98 Å². The van der Waals surface area contributed by atoms with E-state index < -0.39 is 37.2 Å². The van der Waals surface area contributed by atoms with Crippen LogP contribution in [0.3, 0.4) is 0 Å². The van der Waals surface area contributed by atoms with E-state index in [1.807, 2.05) is 30.3 Å². The largest absolute Gasteiger partial charge is 0.394 e. The van der Waals surface area contributed by atoms with Crippen LogP contribution in [0.15, 0.2) is 41.7 Å². The van der Waals surface area contributed by atoms with Crippen molar-refractivity contribution in [1.82, 2.24) is 19.5 Å². The van der Waals surface area contributed by atoms with Crippen LogP contribution in [0.4, 0.5) is 4.39 Å². The van der Waals surface area contributed by atoms with Gasteiger partial charge >= 0.3 is 6.08 Å². The standard InChI is InChI=1S/C17H17FN4O4S/c18-17-20-14-11(15(21-17)27-7-9-4-2-1-3-5-9)19-8-22(14)16-13(25)12(24)10(6-23)26-16/h1-5,8,10,12-13,16,23-25H,6-7H2/t10-,12-,13-,16-/m1/s1. The normalized spacial score (nSPS) is 25.3. The molecule has 8 nitrogen and oxygen atoms in total. The Hall–Kier alpha value is -2.11. The number of rotatable bonds is 5. The van der Waals surface area contributed by atoms with E-state index in [0.717, 1.165) is 5.56 Å². The molecule has 4 rings (SSSR count). The maximum Gasteiger partial charge on any atom is 0.311 e. The highest BCUT2D eigenvalue weighted by Crippen LogP contribution is 2.33. The van der Waals surface area contributed by atoms with Crippen molar-refractivity contribution in [2.24, 2.45) is 0 Å². The van der Waals surface area contributed by atoms with E-state index >= 15 is 0 Å². The Morgan fingerprint density at radius 3 is 2.63 bits per heavy atom. The quantitative estimate of drug-likeness (QED) is 0.333. The molecule has 4 atom stereocenters. The number of aliphatic hydroxyl groups excluding tert-OH is 3. The van der Waals surface area contributed by atoms with Gasteiger partial charge in [-0.05, 0) is 5.56 Å². The summed E-state index contributed by atoms with van der Waals surface area (Å²) in [7, 11) is 0. The lowest BCUT2D eigenvalue weighted by Gasteiger charge is -2.16. The Bertz CT molecular complexity index is 941. The van der Waals surface area contributed by atoms with Gasteiger partial charge in [-0.2, -0.15) is 14.4 Å². The van der Waals surface area contributed by atoms with Crippen molar-refractivity contribution < 1.29 is 24.4 Å². The Labute approximate surface area is 157 Å². The zero-order chi connectivity index (χ0) is 19.0. The maximum absolute atomic E-state index is 14.0. The molecule has 0 saturated carbocycles. The second kappa shape index (κ2) is 7.49. The minimum absolute atomic E-state index is 0.146. The van der Waals surface area contributed by atoms with Crippen LogP contribution >= 0.6 is 11.8 Å². The molecule has 142 valence electrons. The minimum Gasteiger partial charge on any atom is -0.394 e. The second-order valence-electron chi connectivity index (χ2n) is 6.12. The van der Waals surface area contributed by atoms with Gasteiger partial charge in [-0.15, -0.1) is 0 Å². The predicted octanol–water partition coefficient (Wildman–Crippen LogP) is 0.869. The van der Waals surface area contributed by atoms with Crippen LogP contribution < -0.4 is 0 Å². The molecule has 0 unspecified atom stereocenters. The fourth-order valence-electron chi connectivity index (χ4n) is 2.99. The second-order valence-corrected chi connectivity index (χ2v) is 7.09. The van der Waals surface area contributed by atoms with E-state index in [9.17, 15) is 19.7 Å². The van der Waals surface area contributed by atoms with Gasteiger partial charge in [0.25, 0.3) is 0 Å². The number of nitrogens with zero attached hydrogens (tertiary/aromatic N) is 4. The Morgan fingerprint density at radius 2 is 1.93 bits per heavy atom. The first kappa shape index (κ1) is 18.3. The van der Waals surface area contributed by atoms with E-state index in [2.05, 4.69) is 15.0 Å². The van der Waals surface area contributed by atoms with E-state index in [4.69, 9.17) is 4.74 Å². The molecule has 1 aromatic carbocycles. The van der Waals surface area contributed by atoms with Crippen LogP contribution in [-0.4, -0.2) is 59.8 Å². The summed E-state index contributed by atoms with van der Waals surface area (Å²) in [4.78, 5) is 11.9. The molecule has 0 bridgehead atoms. The van der Waals surface area contributed by atoms with Gasteiger partial charge in [0.05, 0.1) is 12.9 Å². The number of thioether (sulfide) groups is 1. The van der Waals surface area contributed by atoms with Crippen molar-refractivity contribution in [2.75, 3.05) is 6.61 Å². The lowest BCUT2D eigenvalue weighted by Crippen LogP contribution is -2.33. The van der Waals surface area contributed by atoms with Gasteiger partial charge in [-0.3, -0.25) is 4.57 Å². The number of fused-ring (bicyclic) bond motifs is 1. The number of halogens is 1. The Kier molecular flexibility index (Phi) is 5.06. The lowest BCUT2D eigenvalue weighted by atomic mass is 10.1. The van der Waals surface area contributed by atoms with Crippen LogP contribution in [0.1, 0.15) is 11.8 Å². The number of imidazole rings is 1. The molecule has 1 saturated heterocycles. The predicted molar refractivity (Wildman–Crippen MR) is 94.3 cm³/mol. The topological polar surface area (TPSA) is 114 Å². The summed E-state index contributed by atoms with van der Waals surface area (Å²) >= 11 is 1.32. The first-order valence-corrected chi connectivity index (χ1v) is 9.26. The number of hydrogen-bond donors (Lipinski definition) is 3. The summed E-state index contributed by atoms with van der Waals surface area (Å²) in [5.74, 6) is 0.576. The zero-order valence-corrected chi connectivity index (χ0v) is 14.8. The fourth-order valence-corrected chi connectivity index (χ4v) is 3.90. The molecule has 27 heavy (non-hydrogen) atoms. The smallest absolute Gasteiger partial charge is 0.311 e. The summed E-state index contributed by atoms with van der Waals surface area (Å²) < 4.78 is 20.8. The third-order valence-corrected chi connectivity index (χ3v) is 5.41. The molecule has 3 N–H and O–H groups in total. The molecule has 0 radical (unpaired) electrons. The highest BCUT2D eigenvalue weighted by molar-refractivity contribution is 7.98. The summed E-state index contributed by atoms with van der Waals surface area (Å²) in [5, 5.41) is 29.7. The van der Waals surface area contributed by atoms with Gasteiger partial charge in [0.2, 0.25) is 0 Å². The molecule has 0 spiro atoms. The van der Waals surface area contributed by atoms with E-state index in [-0.39, 0.29) is 5.65 Å². The zero-order valence-electron chi connectivity index (χ0n) is 14.0. The molecule has 3 heterocycles. The van der Waals surface area contributed by atoms with Gasteiger partial charge in [0.15, 0.2) is 11.9 Å². The van der Waals surface area contributed by atoms with Gasteiger partial charge < -0.3 is 20.1 Å². The van der Waals surface area contributed by atoms with Gasteiger partial charge in [0.1, 0.15) is 28.9 Å². The van der Waals surface area contributed by atoms with Gasteiger partial charge in [0, 0.05) is 5.75 Å².